The molecule has 0 aliphatic heterocycles. The minimum absolute atomic E-state index is 0.0537. The molecule has 0 unspecified atom stereocenters. The molecule has 0 radical (unpaired) electrons. The smallest absolute Gasteiger partial charge is 0.200 e. The molecule has 1 aliphatic carbocycles. The molecule has 0 N–H and O–H groups in total. The highest BCUT2D eigenvalue weighted by molar-refractivity contribution is 5.33. The summed E-state index contributed by atoms with van der Waals surface area (Å²) < 4.78 is 34.0. The van der Waals surface area contributed by atoms with E-state index in [1.165, 1.54) is 25.7 Å². The summed E-state index contributed by atoms with van der Waals surface area (Å²) in [7, 11) is 0. The summed E-state index contributed by atoms with van der Waals surface area (Å²) in [5.41, 5.74) is 0.544. The van der Waals surface area contributed by atoms with Gasteiger partial charge in [-0.3, -0.25) is 0 Å². The second kappa shape index (κ2) is 10.0. The normalized spacial score (nSPS) is 21.0. The lowest BCUT2D eigenvalue weighted by Gasteiger charge is -2.29. The summed E-state index contributed by atoms with van der Waals surface area (Å²) in [5.74, 6) is -0.519. The maximum absolute atomic E-state index is 14.4. The standard InChI is InChI=1S/C21H32F2O/c1-3-5-7-8-16-9-11-17(12-10-16)18-13-14-19(21(23)20(18)22)24-15-6-4-2/h13-14,16-17H,3-12,15H2,1-2H3. The lowest BCUT2D eigenvalue weighted by Crippen LogP contribution is -2.15. The number of benzene rings is 1. The Morgan fingerprint density at radius 2 is 1.62 bits per heavy atom. The molecule has 0 bridgehead atoms. The van der Waals surface area contributed by atoms with Crippen LogP contribution in [0.2, 0.25) is 0 Å². The molecule has 0 heterocycles. The van der Waals surface area contributed by atoms with Crippen LogP contribution in [0.1, 0.15) is 89.5 Å². The number of ether oxygens (including phenoxy) is 1. The molecule has 1 nitrogen and oxygen atoms in total. The van der Waals surface area contributed by atoms with Gasteiger partial charge in [0.15, 0.2) is 11.6 Å². The van der Waals surface area contributed by atoms with Crippen molar-refractivity contribution in [1.29, 1.82) is 0 Å². The van der Waals surface area contributed by atoms with Crippen LogP contribution in [0.4, 0.5) is 8.78 Å². The van der Waals surface area contributed by atoms with Gasteiger partial charge in [-0.25, -0.2) is 4.39 Å². The third-order valence-corrected chi connectivity index (χ3v) is 5.33. The Balaban J connectivity index is 1.92. The van der Waals surface area contributed by atoms with Gasteiger partial charge >= 0.3 is 0 Å². The fraction of sp³-hybridized carbons (Fsp3) is 0.714. The molecule has 3 heteroatoms. The second-order valence-electron chi connectivity index (χ2n) is 7.20. The fourth-order valence-corrected chi connectivity index (χ4v) is 3.75. The number of hydrogen-bond donors (Lipinski definition) is 0. The lowest BCUT2D eigenvalue weighted by atomic mass is 9.77. The average molecular weight is 338 g/mol. The Morgan fingerprint density at radius 1 is 0.917 bits per heavy atom. The van der Waals surface area contributed by atoms with Gasteiger partial charge in [0, 0.05) is 0 Å². The van der Waals surface area contributed by atoms with Crippen molar-refractivity contribution in [2.24, 2.45) is 5.92 Å². The van der Waals surface area contributed by atoms with Crippen LogP contribution in [-0.2, 0) is 0 Å². The van der Waals surface area contributed by atoms with Gasteiger partial charge in [-0.1, -0.05) is 52.0 Å². The molecular weight excluding hydrogens is 306 g/mol. The molecule has 0 atom stereocenters. The molecule has 1 aliphatic rings. The van der Waals surface area contributed by atoms with Crippen molar-refractivity contribution in [2.45, 2.75) is 84.0 Å². The summed E-state index contributed by atoms with van der Waals surface area (Å²) in [6.07, 6.45) is 11.2. The van der Waals surface area contributed by atoms with Crippen LogP contribution in [0.25, 0.3) is 0 Å². The van der Waals surface area contributed by atoms with E-state index in [2.05, 4.69) is 6.92 Å². The molecule has 1 fully saturated rings. The van der Waals surface area contributed by atoms with Crippen molar-refractivity contribution in [3.63, 3.8) is 0 Å². The minimum Gasteiger partial charge on any atom is -0.490 e. The van der Waals surface area contributed by atoms with Crippen LogP contribution in [0, 0.1) is 17.6 Å². The monoisotopic (exact) mass is 338 g/mol. The van der Waals surface area contributed by atoms with Gasteiger partial charge < -0.3 is 4.74 Å². The van der Waals surface area contributed by atoms with Crippen LogP contribution in [0.15, 0.2) is 12.1 Å². The maximum atomic E-state index is 14.4. The molecule has 0 saturated heterocycles. The first-order valence-corrected chi connectivity index (χ1v) is 9.78. The molecule has 1 saturated carbocycles. The van der Waals surface area contributed by atoms with Crippen LogP contribution in [-0.4, -0.2) is 6.61 Å². The van der Waals surface area contributed by atoms with E-state index in [0.29, 0.717) is 12.2 Å². The molecule has 0 amide bonds. The third kappa shape index (κ3) is 5.19. The van der Waals surface area contributed by atoms with E-state index in [9.17, 15) is 8.78 Å². The molecule has 0 spiro atoms. The van der Waals surface area contributed by atoms with Crippen molar-refractivity contribution in [2.75, 3.05) is 6.61 Å². The highest BCUT2D eigenvalue weighted by Gasteiger charge is 2.26. The first kappa shape index (κ1) is 19.2. The van der Waals surface area contributed by atoms with Crippen molar-refractivity contribution in [1.82, 2.24) is 0 Å². The highest BCUT2D eigenvalue weighted by Crippen LogP contribution is 2.40. The average Bonchev–Trinajstić information content (AvgIpc) is 2.60. The Kier molecular flexibility index (Phi) is 8.01. The summed E-state index contributed by atoms with van der Waals surface area (Å²) in [5, 5.41) is 0. The van der Waals surface area contributed by atoms with E-state index >= 15 is 0 Å². The second-order valence-corrected chi connectivity index (χ2v) is 7.20. The Labute approximate surface area is 145 Å². The Hall–Kier alpha value is -1.12. The van der Waals surface area contributed by atoms with Crippen molar-refractivity contribution in [3.8, 4) is 5.75 Å². The van der Waals surface area contributed by atoms with Crippen LogP contribution in [0.3, 0.4) is 0 Å². The maximum Gasteiger partial charge on any atom is 0.200 e. The van der Waals surface area contributed by atoms with E-state index in [1.807, 2.05) is 6.92 Å². The van der Waals surface area contributed by atoms with E-state index in [0.717, 1.165) is 44.4 Å². The summed E-state index contributed by atoms with van der Waals surface area (Å²) >= 11 is 0. The third-order valence-electron chi connectivity index (χ3n) is 5.33. The molecule has 1 aromatic rings. The zero-order valence-corrected chi connectivity index (χ0v) is 15.3. The molecule has 136 valence electrons. The zero-order chi connectivity index (χ0) is 17.4. The van der Waals surface area contributed by atoms with Crippen LogP contribution < -0.4 is 4.74 Å². The molecule has 2 rings (SSSR count). The minimum atomic E-state index is -0.811. The summed E-state index contributed by atoms with van der Waals surface area (Å²) in [6.45, 7) is 4.71. The highest BCUT2D eigenvalue weighted by atomic mass is 19.2. The Bertz CT molecular complexity index is 493. The Morgan fingerprint density at radius 3 is 2.29 bits per heavy atom. The molecular formula is C21H32F2O. The summed E-state index contributed by atoms with van der Waals surface area (Å²) in [6, 6.07) is 3.35. The SMILES string of the molecule is CCCCCC1CCC(c2ccc(OCCCC)c(F)c2F)CC1. The molecule has 0 aromatic heterocycles. The van der Waals surface area contributed by atoms with Gasteiger partial charge in [-0.2, -0.15) is 4.39 Å². The van der Waals surface area contributed by atoms with Crippen molar-refractivity contribution < 1.29 is 13.5 Å². The van der Waals surface area contributed by atoms with Gasteiger partial charge in [0.05, 0.1) is 6.61 Å². The quantitative estimate of drug-likeness (QED) is 0.440. The van der Waals surface area contributed by atoms with E-state index in [-0.39, 0.29) is 11.7 Å². The topological polar surface area (TPSA) is 9.23 Å². The van der Waals surface area contributed by atoms with Crippen LogP contribution >= 0.6 is 0 Å². The fourth-order valence-electron chi connectivity index (χ4n) is 3.75. The first-order valence-electron chi connectivity index (χ1n) is 9.78. The summed E-state index contributed by atoms with van der Waals surface area (Å²) in [4.78, 5) is 0. The van der Waals surface area contributed by atoms with Gasteiger partial charge in [-0.05, 0) is 55.6 Å². The predicted molar refractivity (Wildman–Crippen MR) is 95.6 cm³/mol. The van der Waals surface area contributed by atoms with Crippen LogP contribution in [0.5, 0.6) is 5.75 Å². The van der Waals surface area contributed by atoms with Crippen molar-refractivity contribution in [3.05, 3.63) is 29.3 Å². The van der Waals surface area contributed by atoms with E-state index < -0.39 is 11.6 Å². The lowest BCUT2D eigenvalue weighted by molar-refractivity contribution is 0.282. The number of hydrogen-bond acceptors (Lipinski definition) is 1. The van der Waals surface area contributed by atoms with Gasteiger partial charge in [0.2, 0.25) is 5.82 Å². The number of halogens is 2. The number of rotatable bonds is 9. The van der Waals surface area contributed by atoms with Gasteiger partial charge in [-0.15, -0.1) is 0 Å². The van der Waals surface area contributed by atoms with E-state index in [4.69, 9.17) is 4.74 Å². The van der Waals surface area contributed by atoms with Crippen molar-refractivity contribution >= 4 is 0 Å². The zero-order valence-electron chi connectivity index (χ0n) is 15.3. The van der Waals surface area contributed by atoms with Gasteiger partial charge in [0.25, 0.3) is 0 Å². The molecule has 24 heavy (non-hydrogen) atoms. The van der Waals surface area contributed by atoms with Gasteiger partial charge in [0.1, 0.15) is 0 Å². The molecule has 1 aromatic carbocycles. The largest absolute Gasteiger partial charge is 0.490 e. The predicted octanol–water partition coefficient (Wildman–Crippen LogP) is 7.00. The number of unbranched alkanes of at least 4 members (excludes halogenated alkanes) is 3. The van der Waals surface area contributed by atoms with E-state index in [1.54, 1.807) is 12.1 Å². The first-order chi connectivity index (χ1) is 11.7.